The van der Waals surface area contributed by atoms with Gasteiger partial charge in [0.1, 0.15) is 18.6 Å². The van der Waals surface area contributed by atoms with Crippen molar-refractivity contribution in [3.8, 4) is 5.75 Å². The van der Waals surface area contributed by atoms with E-state index in [1.807, 2.05) is 0 Å². The maximum absolute atomic E-state index is 11.7. The molecule has 0 radical (unpaired) electrons. The van der Waals surface area contributed by atoms with Crippen molar-refractivity contribution in [3.63, 3.8) is 0 Å². The minimum absolute atomic E-state index is 0.113. The number of alkyl halides is 1. The molecule has 0 heterocycles. The summed E-state index contributed by atoms with van der Waals surface area (Å²) in [5.74, 6) is 0.445. The Morgan fingerprint density at radius 3 is 2.56 bits per heavy atom. The second kappa shape index (κ2) is 6.40. The Balaban J connectivity index is 2.68. The number of benzene rings is 1. The fraction of sp³-hybridized carbons (Fsp3) is 0.273. The molecule has 1 atom stereocenters. The largest absolute Gasteiger partial charge is 0.497 e. The van der Waals surface area contributed by atoms with Crippen LogP contribution in [0.25, 0.3) is 0 Å². The van der Waals surface area contributed by atoms with Gasteiger partial charge in [-0.2, -0.15) is 0 Å². The third kappa shape index (κ3) is 3.43. The zero-order valence-electron chi connectivity index (χ0n) is 8.68. The summed E-state index contributed by atoms with van der Waals surface area (Å²) in [6, 6.07) is 6.65. The predicted octanol–water partition coefficient (Wildman–Crippen LogP) is 1.81. The molecule has 1 rings (SSSR count). The molecule has 0 bridgehead atoms. The van der Waals surface area contributed by atoms with Crippen LogP contribution >= 0.6 is 15.9 Å². The molecule has 0 aliphatic heterocycles. The van der Waals surface area contributed by atoms with Crippen molar-refractivity contribution in [2.24, 2.45) is 0 Å². The van der Waals surface area contributed by atoms with Crippen LogP contribution in [0.15, 0.2) is 24.3 Å². The van der Waals surface area contributed by atoms with Gasteiger partial charge in [-0.3, -0.25) is 4.79 Å². The molecule has 0 aromatic heterocycles. The second-order valence-electron chi connectivity index (χ2n) is 2.91. The first-order chi connectivity index (χ1) is 7.69. The van der Waals surface area contributed by atoms with Crippen LogP contribution in [0.2, 0.25) is 0 Å². The number of ketones is 1. The molecule has 0 spiro atoms. The van der Waals surface area contributed by atoms with Gasteiger partial charge >= 0.3 is 0 Å². The van der Waals surface area contributed by atoms with Gasteiger partial charge in [-0.15, -0.1) is 0 Å². The third-order valence-electron chi connectivity index (χ3n) is 1.89. The van der Waals surface area contributed by atoms with Crippen molar-refractivity contribution in [3.05, 3.63) is 29.8 Å². The molecule has 0 aliphatic rings. The lowest BCUT2D eigenvalue weighted by atomic mass is 10.1. The lowest BCUT2D eigenvalue weighted by Crippen LogP contribution is -2.18. The average Bonchev–Trinajstić information content (AvgIpc) is 2.35. The maximum atomic E-state index is 11.7. The van der Waals surface area contributed by atoms with Gasteiger partial charge in [-0.1, -0.05) is 0 Å². The van der Waals surface area contributed by atoms with Crippen LogP contribution < -0.4 is 4.74 Å². The Morgan fingerprint density at radius 1 is 1.44 bits per heavy atom. The number of hydrogen-bond donors (Lipinski definition) is 0. The number of methoxy groups -OCH3 is 1. The fourth-order valence-electron chi connectivity index (χ4n) is 1.09. The predicted molar refractivity (Wildman–Crippen MR) is 62.1 cm³/mol. The van der Waals surface area contributed by atoms with Gasteiger partial charge in [0.15, 0.2) is 5.01 Å². The summed E-state index contributed by atoms with van der Waals surface area (Å²) in [5, 5.41) is -0.800. The number of hydrogen-bond acceptors (Lipinski definition) is 4. The molecular formula is C11H11BrO4. The van der Waals surface area contributed by atoms with Gasteiger partial charge in [0.2, 0.25) is 5.78 Å². The standard InChI is InChI=1S/C11H11BrO4/c1-15-9-4-2-8(3-5-9)10(14)11(12)16-7-6-13/h2-6,11H,7H2,1H3. The van der Waals surface area contributed by atoms with Gasteiger partial charge in [0.05, 0.1) is 7.11 Å². The Labute approximate surface area is 102 Å². The highest BCUT2D eigenvalue weighted by molar-refractivity contribution is 9.09. The van der Waals surface area contributed by atoms with Crippen LogP contribution in [-0.2, 0) is 9.53 Å². The number of ether oxygens (including phenoxy) is 2. The van der Waals surface area contributed by atoms with E-state index in [0.29, 0.717) is 17.6 Å². The lowest BCUT2D eigenvalue weighted by molar-refractivity contribution is -0.111. The molecule has 0 saturated carbocycles. The van der Waals surface area contributed by atoms with E-state index in [2.05, 4.69) is 15.9 Å². The van der Waals surface area contributed by atoms with Crippen LogP contribution in [0.3, 0.4) is 0 Å². The van der Waals surface area contributed by atoms with Gasteiger partial charge in [0.25, 0.3) is 0 Å². The molecule has 0 amide bonds. The quantitative estimate of drug-likeness (QED) is 0.455. The van der Waals surface area contributed by atoms with E-state index < -0.39 is 5.01 Å². The average molecular weight is 287 g/mol. The van der Waals surface area contributed by atoms with Crippen LogP contribution in [0.5, 0.6) is 5.75 Å². The third-order valence-corrected chi connectivity index (χ3v) is 2.57. The maximum Gasteiger partial charge on any atom is 0.202 e. The summed E-state index contributed by atoms with van der Waals surface area (Å²) in [5.41, 5.74) is 0.494. The van der Waals surface area contributed by atoms with E-state index in [0.717, 1.165) is 0 Å². The number of aldehydes is 1. The number of Topliss-reactive ketones (excluding diaryl/α,β-unsaturated/α-hetero) is 1. The number of halogens is 1. The summed E-state index contributed by atoms with van der Waals surface area (Å²) >= 11 is 3.05. The summed E-state index contributed by atoms with van der Waals surface area (Å²) in [6.45, 7) is -0.113. The first kappa shape index (κ1) is 12.9. The van der Waals surface area contributed by atoms with Crippen molar-refractivity contribution in [1.29, 1.82) is 0 Å². The number of carbonyl (C=O) groups excluding carboxylic acids is 2. The summed E-state index contributed by atoms with van der Waals surface area (Å²) in [6.07, 6.45) is 0.593. The Kier molecular flexibility index (Phi) is 5.14. The Bertz CT molecular complexity index is 361. The highest BCUT2D eigenvalue weighted by Crippen LogP contribution is 2.15. The normalized spacial score (nSPS) is 11.9. The minimum atomic E-state index is -0.800. The van der Waals surface area contributed by atoms with Gasteiger partial charge < -0.3 is 14.3 Å². The zero-order valence-corrected chi connectivity index (χ0v) is 10.3. The summed E-state index contributed by atoms with van der Waals surface area (Å²) < 4.78 is 9.91. The first-order valence-corrected chi connectivity index (χ1v) is 5.48. The van der Waals surface area contributed by atoms with Crippen LogP contribution in [0, 0.1) is 0 Å². The molecule has 86 valence electrons. The molecule has 1 aromatic rings. The van der Waals surface area contributed by atoms with Gasteiger partial charge in [0, 0.05) is 5.56 Å². The highest BCUT2D eigenvalue weighted by atomic mass is 79.9. The lowest BCUT2D eigenvalue weighted by Gasteiger charge is -2.08. The van der Waals surface area contributed by atoms with Crippen molar-refractivity contribution in [1.82, 2.24) is 0 Å². The Morgan fingerprint density at radius 2 is 2.06 bits per heavy atom. The van der Waals surface area contributed by atoms with E-state index in [4.69, 9.17) is 9.47 Å². The highest BCUT2D eigenvalue weighted by Gasteiger charge is 2.16. The molecule has 5 heteroatoms. The minimum Gasteiger partial charge on any atom is -0.497 e. The van der Waals surface area contributed by atoms with Gasteiger partial charge in [-0.25, -0.2) is 0 Å². The van der Waals surface area contributed by atoms with Crippen molar-refractivity contribution >= 4 is 28.0 Å². The molecule has 1 unspecified atom stereocenters. The summed E-state index contributed by atoms with van der Waals surface area (Å²) in [7, 11) is 1.55. The summed E-state index contributed by atoms with van der Waals surface area (Å²) in [4.78, 5) is 21.8. The second-order valence-corrected chi connectivity index (χ2v) is 3.74. The van der Waals surface area contributed by atoms with Crippen LogP contribution in [0.4, 0.5) is 0 Å². The topological polar surface area (TPSA) is 52.6 Å². The first-order valence-electron chi connectivity index (χ1n) is 4.56. The van der Waals surface area contributed by atoms with E-state index in [9.17, 15) is 9.59 Å². The Hall–Kier alpha value is -1.20. The van der Waals surface area contributed by atoms with Crippen molar-refractivity contribution in [2.45, 2.75) is 5.01 Å². The smallest absolute Gasteiger partial charge is 0.202 e. The van der Waals surface area contributed by atoms with Gasteiger partial charge in [-0.05, 0) is 40.2 Å². The molecule has 1 aromatic carbocycles. The molecule has 4 nitrogen and oxygen atoms in total. The van der Waals surface area contributed by atoms with Crippen molar-refractivity contribution < 1.29 is 19.1 Å². The SMILES string of the molecule is COc1ccc(C(=O)C(Br)OCC=O)cc1. The molecule has 0 fully saturated rings. The molecular weight excluding hydrogens is 276 g/mol. The molecule has 0 N–H and O–H groups in total. The zero-order chi connectivity index (χ0) is 12.0. The molecule has 0 saturated heterocycles. The fourth-order valence-corrected chi connectivity index (χ4v) is 1.50. The monoisotopic (exact) mass is 286 g/mol. The van der Waals surface area contributed by atoms with Crippen LogP contribution in [0.1, 0.15) is 10.4 Å². The van der Waals surface area contributed by atoms with E-state index >= 15 is 0 Å². The van der Waals surface area contributed by atoms with E-state index in [1.54, 1.807) is 31.4 Å². The van der Waals surface area contributed by atoms with E-state index in [-0.39, 0.29) is 12.4 Å². The molecule has 0 aliphatic carbocycles. The van der Waals surface area contributed by atoms with E-state index in [1.165, 1.54) is 0 Å². The molecule has 16 heavy (non-hydrogen) atoms. The number of carbonyl (C=O) groups is 2. The number of rotatable bonds is 6. The van der Waals surface area contributed by atoms with Crippen LogP contribution in [-0.4, -0.2) is 30.8 Å². The van der Waals surface area contributed by atoms with Crippen molar-refractivity contribution in [2.75, 3.05) is 13.7 Å².